The molecule has 2 N–H and O–H groups in total. The van der Waals surface area contributed by atoms with Gasteiger partial charge in [0.05, 0.1) is 6.04 Å². The fraction of sp³-hybridized carbons (Fsp3) is 0.923. The number of aliphatic hydroxyl groups is 1. The number of rotatable bonds is 6. The van der Waals surface area contributed by atoms with Gasteiger partial charge in [0.15, 0.2) is 0 Å². The van der Waals surface area contributed by atoms with Crippen molar-refractivity contribution in [3.8, 4) is 0 Å². The average molecular weight is 242 g/mol. The Balaban J connectivity index is 2.51. The molecule has 1 aliphatic rings. The molecule has 4 heteroatoms. The molecule has 100 valence electrons. The maximum Gasteiger partial charge on any atom is 0.239 e. The number of carbonyl (C=O) groups excluding carboxylic acids is 1. The van der Waals surface area contributed by atoms with Gasteiger partial charge in [0.25, 0.3) is 0 Å². The highest BCUT2D eigenvalue weighted by Crippen LogP contribution is 2.16. The summed E-state index contributed by atoms with van der Waals surface area (Å²) >= 11 is 0. The molecule has 0 radical (unpaired) electrons. The first-order chi connectivity index (χ1) is 8.02. The second-order valence-corrected chi connectivity index (χ2v) is 5.29. The van der Waals surface area contributed by atoms with E-state index < -0.39 is 0 Å². The second kappa shape index (κ2) is 6.36. The number of carbonyl (C=O) groups is 1. The fourth-order valence-electron chi connectivity index (χ4n) is 2.39. The lowest BCUT2D eigenvalue weighted by Gasteiger charge is -2.33. The molecular formula is C13H26N2O2. The Bertz CT molecular complexity index is 252. The van der Waals surface area contributed by atoms with E-state index >= 15 is 0 Å². The van der Waals surface area contributed by atoms with Crippen LogP contribution in [0.5, 0.6) is 0 Å². The first kappa shape index (κ1) is 14.5. The van der Waals surface area contributed by atoms with Crippen LogP contribution in [0.15, 0.2) is 0 Å². The molecule has 0 saturated carbocycles. The number of likely N-dealkylation sites (tertiary alicyclic amines) is 1. The Morgan fingerprint density at radius 2 is 2.06 bits per heavy atom. The molecule has 0 aliphatic carbocycles. The van der Waals surface area contributed by atoms with E-state index in [4.69, 9.17) is 5.11 Å². The molecule has 0 aromatic rings. The minimum Gasteiger partial charge on any atom is -0.396 e. The Morgan fingerprint density at radius 1 is 1.47 bits per heavy atom. The van der Waals surface area contributed by atoms with Gasteiger partial charge in [-0.25, -0.2) is 0 Å². The summed E-state index contributed by atoms with van der Waals surface area (Å²) in [5, 5.41) is 12.4. The summed E-state index contributed by atoms with van der Waals surface area (Å²) < 4.78 is 0. The molecule has 1 rings (SSSR count). The van der Waals surface area contributed by atoms with Gasteiger partial charge < -0.3 is 15.3 Å². The summed E-state index contributed by atoms with van der Waals surface area (Å²) in [5.41, 5.74) is -0.149. The molecule has 0 spiro atoms. The van der Waals surface area contributed by atoms with Crippen LogP contribution in [0.25, 0.3) is 0 Å². The van der Waals surface area contributed by atoms with E-state index in [-0.39, 0.29) is 24.1 Å². The van der Waals surface area contributed by atoms with Crippen LogP contribution in [-0.4, -0.2) is 47.2 Å². The van der Waals surface area contributed by atoms with Crippen LogP contribution in [-0.2, 0) is 4.79 Å². The lowest BCUT2D eigenvalue weighted by Crippen LogP contribution is -2.53. The first-order valence-corrected chi connectivity index (χ1v) is 6.70. The van der Waals surface area contributed by atoms with Gasteiger partial charge in [-0.15, -0.1) is 0 Å². The van der Waals surface area contributed by atoms with Crippen LogP contribution in [0.4, 0.5) is 0 Å². The number of hydrogen-bond acceptors (Lipinski definition) is 3. The second-order valence-electron chi connectivity index (χ2n) is 5.29. The topological polar surface area (TPSA) is 52.6 Å². The van der Waals surface area contributed by atoms with Crippen molar-refractivity contribution in [2.24, 2.45) is 0 Å². The molecule has 1 saturated heterocycles. The van der Waals surface area contributed by atoms with Crippen LogP contribution in [0.2, 0.25) is 0 Å². The van der Waals surface area contributed by atoms with Gasteiger partial charge in [0.1, 0.15) is 0 Å². The molecule has 0 bridgehead atoms. The third kappa shape index (κ3) is 3.96. The Kier molecular flexibility index (Phi) is 5.40. The molecule has 2 unspecified atom stereocenters. The SMILES string of the molecule is CCC(C)(CCO)NC(C)C(=O)N1CCCC1. The number of amides is 1. The number of hydrogen-bond donors (Lipinski definition) is 2. The van der Waals surface area contributed by atoms with E-state index in [0.29, 0.717) is 6.42 Å². The predicted octanol–water partition coefficient (Wildman–Crippen LogP) is 1.14. The van der Waals surface area contributed by atoms with Crippen molar-refractivity contribution in [1.29, 1.82) is 0 Å². The molecule has 0 aromatic heterocycles. The van der Waals surface area contributed by atoms with E-state index in [9.17, 15) is 4.79 Å². The van der Waals surface area contributed by atoms with E-state index in [1.54, 1.807) is 0 Å². The first-order valence-electron chi connectivity index (χ1n) is 6.70. The summed E-state index contributed by atoms with van der Waals surface area (Å²) in [5.74, 6) is 0.195. The standard InChI is InChI=1S/C13H26N2O2/c1-4-13(3,7-10-16)14-11(2)12(17)15-8-5-6-9-15/h11,14,16H,4-10H2,1-3H3. The highest BCUT2D eigenvalue weighted by atomic mass is 16.3. The number of nitrogens with zero attached hydrogens (tertiary/aromatic N) is 1. The van der Waals surface area contributed by atoms with Gasteiger partial charge in [-0.2, -0.15) is 0 Å². The Morgan fingerprint density at radius 3 is 2.53 bits per heavy atom. The maximum atomic E-state index is 12.1. The number of aliphatic hydroxyl groups excluding tert-OH is 1. The molecule has 4 nitrogen and oxygen atoms in total. The van der Waals surface area contributed by atoms with Crippen molar-refractivity contribution in [2.75, 3.05) is 19.7 Å². The molecule has 17 heavy (non-hydrogen) atoms. The molecule has 1 aliphatic heterocycles. The van der Waals surface area contributed by atoms with E-state index in [1.807, 2.05) is 11.8 Å². The summed E-state index contributed by atoms with van der Waals surface area (Å²) in [4.78, 5) is 14.1. The smallest absolute Gasteiger partial charge is 0.239 e. The van der Waals surface area contributed by atoms with Crippen molar-refractivity contribution >= 4 is 5.91 Å². The van der Waals surface area contributed by atoms with Gasteiger partial charge >= 0.3 is 0 Å². The van der Waals surface area contributed by atoms with Crippen LogP contribution in [0.1, 0.15) is 46.5 Å². The van der Waals surface area contributed by atoms with E-state index in [2.05, 4.69) is 19.2 Å². The largest absolute Gasteiger partial charge is 0.396 e. The Labute approximate surface area is 104 Å². The average Bonchev–Trinajstić information content (AvgIpc) is 2.81. The quantitative estimate of drug-likeness (QED) is 0.734. The summed E-state index contributed by atoms with van der Waals surface area (Å²) in [7, 11) is 0. The van der Waals surface area contributed by atoms with Crippen LogP contribution >= 0.6 is 0 Å². The highest BCUT2D eigenvalue weighted by Gasteiger charge is 2.29. The summed E-state index contributed by atoms with van der Waals surface area (Å²) in [6, 6.07) is -0.162. The van der Waals surface area contributed by atoms with Crippen molar-refractivity contribution in [3.63, 3.8) is 0 Å². The van der Waals surface area contributed by atoms with Gasteiger partial charge in [0, 0.05) is 25.2 Å². The van der Waals surface area contributed by atoms with Gasteiger partial charge in [0.2, 0.25) is 5.91 Å². The van der Waals surface area contributed by atoms with Crippen molar-refractivity contribution in [1.82, 2.24) is 10.2 Å². The molecule has 1 amide bonds. The highest BCUT2D eigenvalue weighted by molar-refractivity contribution is 5.81. The maximum absolute atomic E-state index is 12.1. The van der Waals surface area contributed by atoms with Crippen LogP contribution < -0.4 is 5.32 Å². The normalized spacial score (nSPS) is 21.3. The van der Waals surface area contributed by atoms with Crippen molar-refractivity contribution in [2.45, 2.75) is 58.0 Å². The zero-order valence-corrected chi connectivity index (χ0v) is 11.3. The van der Waals surface area contributed by atoms with Crippen LogP contribution in [0, 0.1) is 0 Å². The number of nitrogens with one attached hydrogen (secondary N) is 1. The minimum atomic E-state index is -0.162. The molecule has 2 atom stereocenters. The fourth-order valence-corrected chi connectivity index (χ4v) is 2.39. The molecule has 1 fully saturated rings. The van der Waals surface area contributed by atoms with Crippen molar-refractivity contribution < 1.29 is 9.90 Å². The summed E-state index contributed by atoms with van der Waals surface area (Å²) in [6.45, 7) is 8.02. The zero-order chi connectivity index (χ0) is 12.9. The Hall–Kier alpha value is -0.610. The third-order valence-corrected chi connectivity index (χ3v) is 3.80. The monoisotopic (exact) mass is 242 g/mol. The predicted molar refractivity (Wildman–Crippen MR) is 68.8 cm³/mol. The molecule has 1 heterocycles. The molecule has 0 aromatic carbocycles. The van der Waals surface area contributed by atoms with Gasteiger partial charge in [-0.3, -0.25) is 4.79 Å². The molecular weight excluding hydrogens is 216 g/mol. The lowest BCUT2D eigenvalue weighted by atomic mass is 9.93. The van der Waals surface area contributed by atoms with Gasteiger partial charge in [-0.1, -0.05) is 6.92 Å². The van der Waals surface area contributed by atoms with Crippen molar-refractivity contribution in [3.05, 3.63) is 0 Å². The lowest BCUT2D eigenvalue weighted by molar-refractivity contribution is -0.132. The third-order valence-electron chi connectivity index (χ3n) is 3.80. The van der Waals surface area contributed by atoms with E-state index in [0.717, 1.165) is 32.4 Å². The van der Waals surface area contributed by atoms with Crippen LogP contribution in [0.3, 0.4) is 0 Å². The summed E-state index contributed by atoms with van der Waals surface area (Å²) in [6.07, 6.45) is 3.84. The zero-order valence-electron chi connectivity index (χ0n) is 11.3. The van der Waals surface area contributed by atoms with Gasteiger partial charge in [-0.05, 0) is 39.5 Å². The minimum absolute atomic E-state index is 0.149. The van der Waals surface area contributed by atoms with E-state index in [1.165, 1.54) is 0 Å².